The predicted molar refractivity (Wildman–Crippen MR) is 74.8 cm³/mol. The van der Waals surface area contributed by atoms with Gasteiger partial charge >= 0.3 is 5.97 Å². The van der Waals surface area contributed by atoms with Gasteiger partial charge in [0.25, 0.3) is 10.0 Å². The molecule has 2 rings (SSSR count). The van der Waals surface area contributed by atoms with Gasteiger partial charge in [-0.1, -0.05) is 17.7 Å². The number of hydrogen-bond donors (Lipinski definition) is 2. The minimum atomic E-state index is -3.83. The van der Waals surface area contributed by atoms with Crippen molar-refractivity contribution in [3.05, 3.63) is 28.2 Å². The quantitative estimate of drug-likeness (QED) is 0.782. The van der Waals surface area contributed by atoms with Crippen LogP contribution in [-0.2, 0) is 14.9 Å². The van der Waals surface area contributed by atoms with Gasteiger partial charge in [0.15, 0.2) is 0 Å². The largest absolute Gasteiger partial charge is 0.478 e. The van der Waals surface area contributed by atoms with E-state index in [1.165, 1.54) is 18.2 Å². The summed E-state index contributed by atoms with van der Waals surface area (Å²) in [7, 11) is -3.83. The Morgan fingerprint density at radius 3 is 2.55 bits per heavy atom. The van der Waals surface area contributed by atoms with Crippen LogP contribution in [0.1, 0.15) is 36.0 Å². The van der Waals surface area contributed by atoms with Crippen LogP contribution >= 0.6 is 15.9 Å². The first kappa shape index (κ1) is 15.4. The minimum absolute atomic E-state index is 0.00698. The average molecular weight is 364 g/mol. The van der Waals surface area contributed by atoms with E-state index in [-0.39, 0.29) is 21.0 Å². The van der Waals surface area contributed by atoms with Gasteiger partial charge in [-0.05, 0) is 47.0 Å². The molecule has 1 aliphatic carbocycles. The number of nitrogens with one attached hydrogen (secondary N) is 1. The highest BCUT2D eigenvalue weighted by atomic mass is 79.9. The van der Waals surface area contributed by atoms with Crippen LogP contribution in [0.4, 0.5) is 0 Å². The minimum Gasteiger partial charge on any atom is -0.478 e. The van der Waals surface area contributed by atoms with Gasteiger partial charge in [-0.15, -0.1) is 0 Å². The monoisotopic (exact) mass is 363 g/mol. The Morgan fingerprint density at radius 2 is 2.00 bits per heavy atom. The molecule has 8 heteroatoms. The lowest BCUT2D eigenvalue weighted by Crippen LogP contribution is -2.28. The molecule has 0 bridgehead atoms. The predicted octanol–water partition coefficient (Wildman–Crippen LogP) is 2.30. The molecule has 0 aromatic heterocycles. The molecule has 0 amide bonds. The SMILES string of the molecule is O=C(O)c1ccc(S(=O)(=O)NOC2CCCC2)c(Br)c1. The second kappa shape index (κ2) is 6.21. The Kier molecular flexibility index (Phi) is 4.79. The van der Waals surface area contributed by atoms with E-state index in [4.69, 9.17) is 9.94 Å². The van der Waals surface area contributed by atoms with Gasteiger partial charge in [0.2, 0.25) is 0 Å². The zero-order valence-corrected chi connectivity index (χ0v) is 12.9. The molecule has 0 aliphatic heterocycles. The Bertz CT molecular complexity index is 610. The molecule has 1 aromatic carbocycles. The summed E-state index contributed by atoms with van der Waals surface area (Å²) in [6.45, 7) is 0. The molecule has 1 fully saturated rings. The Labute approximate surface area is 125 Å². The molecule has 0 unspecified atom stereocenters. The van der Waals surface area contributed by atoms with Crippen molar-refractivity contribution in [2.75, 3.05) is 0 Å². The standard InChI is InChI=1S/C12H14BrNO5S/c13-10-7-8(12(15)16)5-6-11(10)20(17,18)14-19-9-3-1-2-4-9/h5-7,9,14H,1-4H2,(H,15,16). The molecule has 1 aromatic rings. The lowest BCUT2D eigenvalue weighted by molar-refractivity contribution is 0.0223. The number of hydrogen-bond acceptors (Lipinski definition) is 4. The van der Waals surface area contributed by atoms with Crippen LogP contribution < -0.4 is 4.89 Å². The zero-order valence-electron chi connectivity index (χ0n) is 10.5. The number of benzene rings is 1. The van der Waals surface area contributed by atoms with Gasteiger partial charge in [-0.2, -0.15) is 0 Å². The Hall–Kier alpha value is -0.960. The van der Waals surface area contributed by atoms with Crippen molar-refractivity contribution >= 4 is 31.9 Å². The third-order valence-electron chi connectivity index (χ3n) is 3.10. The van der Waals surface area contributed by atoms with Gasteiger partial charge in [-0.25, -0.2) is 13.2 Å². The molecule has 0 radical (unpaired) electrons. The smallest absolute Gasteiger partial charge is 0.335 e. The topological polar surface area (TPSA) is 92.7 Å². The summed E-state index contributed by atoms with van der Waals surface area (Å²) in [6.07, 6.45) is 3.64. The lowest BCUT2D eigenvalue weighted by Gasteiger charge is -2.13. The van der Waals surface area contributed by atoms with E-state index < -0.39 is 16.0 Å². The van der Waals surface area contributed by atoms with Crippen LogP contribution in [0.2, 0.25) is 0 Å². The van der Waals surface area contributed by atoms with Gasteiger partial charge in [-0.3, -0.25) is 4.84 Å². The first-order valence-corrected chi connectivity index (χ1v) is 8.38. The van der Waals surface area contributed by atoms with E-state index >= 15 is 0 Å². The van der Waals surface area contributed by atoms with Gasteiger partial charge in [0.1, 0.15) is 0 Å². The van der Waals surface area contributed by atoms with E-state index in [1.807, 2.05) is 0 Å². The fourth-order valence-corrected chi connectivity index (χ4v) is 3.97. The second-order valence-electron chi connectivity index (χ2n) is 4.56. The number of aromatic carboxylic acids is 1. The van der Waals surface area contributed by atoms with Crippen molar-refractivity contribution < 1.29 is 23.2 Å². The normalized spacial score (nSPS) is 16.4. The number of carboxylic acid groups (broad SMARTS) is 1. The fraction of sp³-hybridized carbons (Fsp3) is 0.417. The Balaban J connectivity index is 2.14. The summed E-state index contributed by atoms with van der Waals surface area (Å²) >= 11 is 3.07. The number of carbonyl (C=O) groups is 1. The highest BCUT2D eigenvalue weighted by Gasteiger charge is 2.23. The van der Waals surface area contributed by atoms with Crippen LogP contribution in [0.5, 0.6) is 0 Å². The number of sulfonamides is 1. The summed E-state index contributed by atoms with van der Waals surface area (Å²) in [5, 5.41) is 8.84. The summed E-state index contributed by atoms with van der Waals surface area (Å²) in [6, 6.07) is 3.71. The summed E-state index contributed by atoms with van der Waals surface area (Å²) in [4.78, 5) is 18.0. The number of halogens is 1. The van der Waals surface area contributed by atoms with Gasteiger partial charge in [0.05, 0.1) is 16.6 Å². The maximum absolute atomic E-state index is 12.1. The molecule has 110 valence electrons. The molecular weight excluding hydrogens is 350 g/mol. The van der Waals surface area contributed by atoms with E-state index in [0.29, 0.717) is 0 Å². The summed E-state index contributed by atoms with van der Waals surface area (Å²) in [5.41, 5.74) is 0.00698. The molecule has 0 heterocycles. The molecule has 0 spiro atoms. The van der Waals surface area contributed by atoms with Crippen molar-refractivity contribution in [3.8, 4) is 0 Å². The third-order valence-corrected chi connectivity index (χ3v) is 5.26. The fourth-order valence-electron chi connectivity index (χ4n) is 2.03. The van der Waals surface area contributed by atoms with Crippen molar-refractivity contribution in [2.24, 2.45) is 0 Å². The van der Waals surface area contributed by atoms with E-state index in [1.54, 1.807) is 0 Å². The van der Waals surface area contributed by atoms with Crippen molar-refractivity contribution in [1.82, 2.24) is 4.89 Å². The van der Waals surface area contributed by atoms with E-state index in [0.717, 1.165) is 25.7 Å². The van der Waals surface area contributed by atoms with Crippen LogP contribution in [0.25, 0.3) is 0 Å². The van der Waals surface area contributed by atoms with Crippen molar-refractivity contribution in [2.45, 2.75) is 36.7 Å². The van der Waals surface area contributed by atoms with Gasteiger partial charge in [0, 0.05) is 4.47 Å². The van der Waals surface area contributed by atoms with Crippen LogP contribution in [0.3, 0.4) is 0 Å². The van der Waals surface area contributed by atoms with Crippen LogP contribution in [0.15, 0.2) is 27.6 Å². The third kappa shape index (κ3) is 3.57. The first-order chi connectivity index (χ1) is 9.40. The van der Waals surface area contributed by atoms with Crippen LogP contribution in [0, 0.1) is 0 Å². The molecule has 20 heavy (non-hydrogen) atoms. The lowest BCUT2D eigenvalue weighted by atomic mass is 10.2. The molecule has 6 nitrogen and oxygen atoms in total. The maximum Gasteiger partial charge on any atom is 0.335 e. The van der Waals surface area contributed by atoms with E-state index in [2.05, 4.69) is 20.8 Å². The first-order valence-electron chi connectivity index (χ1n) is 6.10. The molecular formula is C12H14BrNO5S. The molecule has 1 aliphatic rings. The molecule has 0 saturated heterocycles. The van der Waals surface area contributed by atoms with Crippen molar-refractivity contribution in [3.63, 3.8) is 0 Å². The zero-order chi connectivity index (χ0) is 14.8. The summed E-state index contributed by atoms with van der Waals surface area (Å²) in [5.74, 6) is -1.12. The molecule has 0 atom stereocenters. The number of rotatable bonds is 5. The van der Waals surface area contributed by atoms with Crippen molar-refractivity contribution in [1.29, 1.82) is 0 Å². The highest BCUT2D eigenvalue weighted by Crippen LogP contribution is 2.25. The second-order valence-corrected chi connectivity index (χ2v) is 7.03. The van der Waals surface area contributed by atoms with E-state index in [9.17, 15) is 13.2 Å². The summed E-state index contributed by atoms with van der Waals surface area (Å²) < 4.78 is 24.3. The Morgan fingerprint density at radius 1 is 1.35 bits per heavy atom. The number of carboxylic acids is 1. The highest BCUT2D eigenvalue weighted by molar-refractivity contribution is 9.10. The maximum atomic E-state index is 12.1. The average Bonchev–Trinajstić information content (AvgIpc) is 2.89. The molecule has 2 N–H and O–H groups in total. The molecule has 1 saturated carbocycles. The van der Waals surface area contributed by atoms with Crippen LogP contribution in [-0.4, -0.2) is 25.6 Å². The van der Waals surface area contributed by atoms with Gasteiger partial charge < -0.3 is 5.11 Å².